The first-order valence-corrected chi connectivity index (χ1v) is 0. The molecule has 0 saturated carbocycles. The van der Waals surface area contributed by atoms with Crippen LogP contribution in [-0.4, -0.2) is 23.1 Å². The quantitative estimate of drug-likeness (QED) is 0.326. The molecule has 0 aliphatic rings. The molecule has 0 aromatic carbocycles. The van der Waals surface area contributed by atoms with Gasteiger partial charge in [-0.2, -0.15) is 0 Å². The third-order valence-corrected chi connectivity index (χ3v) is 0. The summed E-state index contributed by atoms with van der Waals surface area (Å²) in [7, 11) is 0. The van der Waals surface area contributed by atoms with E-state index in [1.165, 1.54) is 0 Å². The second kappa shape index (κ2) is 32.6. The van der Waals surface area contributed by atoms with E-state index in [4.69, 9.17) is 0 Å². The Hall–Kier alpha value is 2.38. The summed E-state index contributed by atoms with van der Waals surface area (Å²) in [4.78, 5) is 0. The van der Waals surface area contributed by atoms with Crippen molar-refractivity contribution in [1.29, 1.82) is 0 Å². The number of rotatable bonds is 0. The molecule has 0 atom stereocenters. The minimum absolute atomic E-state index is 0. The predicted octanol–water partition coefficient (Wildman–Crippen LogP) is -3.39. The summed E-state index contributed by atoms with van der Waals surface area (Å²) in [6.07, 6.45) is 0. The summed E-state index contributed by atoms with van der Waals surface area (Å²) in [6.45, 7) is 0. The van der Waals surface area contributed by atoms with E-state index >= 15 is 0 Å². The van der Waals surface area contributed by atoms with Crippen molar-refractivity contribution < 1.29 is 60.2 Å². The Morgan fingerprint density at radius 2 is 1.20 bits per heavy atom. The molecule has 0 aliphatic carbocycles. The van der Waals surface area contributed by atoms with Crippen LogP contribution in [0.1, 0.15) is 1.43 Å². The maximum atomic E-state index is 0. The molecule has 5 heteroatoms. The Morgan fingerprint density at radius 3 is 1.20 bits per heavy atom. The molecule has 0 aliphatic heterocycles. The Bertz CT molecular complexity index is 15.5. The minimum Gasteiger partial charge on any atom is -2.00 e. The molecule has 0 bridgehead atoms. The van der Waals surface area contributed by atoms with Gasteiger partial charge >= 0.3 is 41.9 Å². The van der Waals surface area contributed by atoms with Crippen LogP contribution in [0.2, 0.25) is 0 Å². The summed E-state index contributed by atoms with van der Waals surface area (Å²) in [5.74, 6) is 0. The first kappa shape index (κ1) is 53.1. The van der Waals surface area contributed by atoms with Crippen molar-refractivity contribution in [2.24, 2.45) is 0 Å². The summed E-state index contributed by atoms with van der Waals surface area (Å²) in [5, 5.41) is 0. The second-order valence-electron chi connectivity index (χ2n) is 0. The monoisotopic (exact) mass is 155 g/mol. The first-order valence-electron chi connectivity index (χ1n) is 0. The molecule has 0 amide bonds. The van der Waals surface area contributed by atoms with Crippen molar-refractivity contribution in [2.75, 3.05) is 0 Å². The van der Waals surface area contributed by atoms with Gasteiger partial charge in [-0.3, -0.25) is 0 Å². The molecule has 5 heavy (non-hydrogen) atoms. The van der Waals surface area contributed by atoms with Gasteiger partial charge in [-0.05, 0) is 0 Å². The van der Waals surface area contributed by atoms with Crippen LogP contribution in [0, 0.1) is 0 Å². The largest absolute Gasteiger partial charge is 2.00 e. The average Bonchev–Trinajstić information content (AvgIpc) is 0. The van der Waals surface area contributed by atoms with E-state index in [9.17, 15) is 0 Å². The molecular weight excluding hydrogens is 154 g/mol. The standard InChI is InChI=1S/Cr.Li.Mg.Mn.O.H/q;+1;+2;;-2;-1. The third-order valence-electron chi connectivity index (χ3n) is 0. The molecule has 0 aromatic heterocycles. The van der Waals surface area contributed by atoms with Gasteiger partial charge in [0.25, 0.3) is 0 Å². The maximum Gasteiger partial charge on any atom is 2.00 e. The van der Waals surface area contributed by atoms with Gasteiger partial charge < -0.3 is 6.90 Å². The summed E-state index contributed by atoms with van der Waals surface area (Å²) < 4.78 is 0. The molecular formula is HCrLiMgMnO. The summed E-state index contributed by atoms with van der Waals surface area (Å²) in [6, 6.07) is 0. The zero-order chi connectivity index (χ0) is 0. The van der Waals surface area contributed by atoms with Crippen LogP contribution >= 0.6 is 0 Å². The van der Waals surface area contributed by atoms with Crippen LogP contribution in [0.15, 0.2) is 0 Å². The van der Waals surface area contributed by atoms with Crippen LogP contribution in [0.5, 0.6) is 0 Å². The zero-order valence-electron chi connectivity index (χ0n) is 3.90. The summed E-state index contributed by atoms with van der Waals surface area (Å²) in [5.41, 5.74) is 0. The van der Waals surface area contributed by atoms with E-state index in [2.05, 4.69) is 0 Å². The van der Waals surface area contributed by atoms with Crippen LogP contribution in [0.3, 0.4) is 0 Å². The van der Waals surface area contributed by atoms with Crippen LogP contribution in [0.25, 0.3) is 0 Å². The molecule has 0 saturated heterocycles. The maximum absolute atomic E-state index is 0. The van der Waals surface area contributed by atoms with Crippen molar-refractivity contribution in [3.8, 4) is 0 Å². The molecule has 0 fully saturated rings. The van der Waals surface area contributed by atoms with Crippen molar-refractivity contribution >= 4 is 23.1 Å². The smallest absolute Gasteiger partial charge is 2.00 e. The van der Waals surface area contributed by atoms with Crippen LogP contribution in [0.4, 0.5) is 0 Å². The molecule has 23 valence electrons. The molecule has 0 rings (SSSR count). The van der Waals surface area contributed by atoms with Gasteiger partial charge in [-0.1, -0.05) is 0 Å². The van der Waals surface area contributed by atoms with E-state index in [1.54, 1.807) is 0 Å². The van der Waals surface area contributed by atoms with Crippen molar-refractivity contribution in [3.63, 3.8) is 0 Å². The van der Waals surface area contributed by atoms with Gasteiger partial charge in [0, 0.05) is 34.4 Å². The molecule has 0 heterocycles. The van der Waals surface area contributed by atoms with Gasteiger partial charge in [0.05, 0.1) is 0 Å². The van der Waals surface area contributed by atoms with E-state index in [0.717, 1.165) is 0 Å². The topological polar surface area (TPSA) is 28.5 Å². The molecule has 0 aromatic rings. The molecule has 0 unspecified atom stereocenters. The van der Waals surface area contributed by atoms with E-state index in [-0.39, 0.29) is 83.2 Å². The molecule has 1 nitrogen and oxygen atoms in total. The van der Waals surface area contributed by atoms with Crippen molar-refractivity contribution in [1.82, 2.24) is 0 Å². The molecule has 0 N–H and O–H groups in total. The number of hydrogen-bond donors (Lipinski definition) is 0. The van der Waals surface area contributed by atoms with Crippen LogP contribution in [-0.2, 0) is 39.9 Å². The predicted molar refractivity (Wildman–Crippen MR) is 7.55 cm³/mol. The van der Waals surface area contributed by atoms with Gasteiger partial charge in [-0.15, -0.1) is 0 Å². The fourth-order valence-corrected chi connectivity index (χ4v) is 0. The van der Waals surface area contributed by atoms with Crippen molar-refractivity contribution in [3.05, 3.63) is 0 Å². The first-order chi connectivity index (χ1) is 0. The molecule has 1 radical (unpaired) electrons. The number of hydrogen-bond acceptors (Lipinski definition) is 0. The zero-order valence-corrected chi connectivity index (χ0v) is 6.77. The second-order valence-corrected chi connectivity index (χ2v) is 0. The average molecular weight is 155 g/mol. The Labute approximate surface area is 82.4 Å². The molecule has 0 spiro atoms. The SMILES string of the molecule is [Cr].[H-].[Li+].[Mg+2].[Mn].[O-2]. The fraction of sp³-hybridized carbons (Fsp3) is 0. The Balaban J connectivity index is 0. The van der Waals surface area contributed by atoms with Crippen LogP contribution < -0.4 is 18.9 Å². The van der Waals surface area contributed by atoms with Crippen molar-refractivity contribution in [2.45, 2.75) is 0 Å². The van der Waals surface area contributed by atoms with E-state index < -0.39 is 0 Å². The van der Waals surface area contributed by atoms with Gasteiger partial charge in [0.1, 0.15) is 0 Å². The van der Waals surface area contributed by atoms with E-state index in [1.807, 2.05) is 0 Å². The van der Waals surface area contributed by atoms with E-state index in [0.29, 0.717) is 0 Å². The Morgan fingerprint density at radius 1 is 1.20 bits per heavy atom. The van der Waals surface area contributed by atoms with Gasteiger partial charge in [-0.25, -0.2) is 0 Å². The van der Waals surface area contributed by atoms with Gasteiger partial charge in [0.15, 0.2) is 0 Å². The minimum atomic E-state index is 0. The normalized spacial score (nSPS) is 0. The van der Waals surface area contributed by atoms with Gasteiger partial charge in [0.2, 0.25) is 0 Å². The summed E-state index contributed by atoms with van der Waals surface area (Å²) >= 11 is 0. The Kier molecular flexibility index (Phi) is 347. The third kappa shape index (κ3) is 21.6. The fourth-order valence-electron chi connectivity index (χ4n) is 0.